The summed E-state index contributed by atoms with van der Waals surface area (Å²) in [7, 11) is 0. The molecule has 1 aliphatic rings. The van der Waals surface area contributed by atoms with Crippen molar-refractivity contribution in [2.45, 2.75) is 40.7 Å². The van der Waals surface area contributed by atoms with Crippen LogP contribution in [-0.4, -0.2) is 35.8 Å². The highest BCUT2D eigenvalue weighted by Crippen LogP contribution is 2.28. The van der Waals surface area contributed by atoms with Crippen LogP contribution in [0.15, 0.2) is 41.0 Å². The minimum Gasteiger partial charge on any atom is -0.372 e. The maximum absolute atomic E-state index is 12.8. The number of imide groups is 1. The van der Waals surface area contributed by atoms with Gasteiger partial charge in [0.2, 0.25) is 0 Å². The molecule has 0 aliphatic carbocycles. The molecule has 0 saturated carbocycles. The first-order valence-electron chi connectivity index (χ1n) is 8.91. The molecule has 0 N–H and O–H groups in total. The quantitative estimate of drug-likeness (QED) is 0.601. The van der Waals surface area contributed by atoms with Gasteiger partial charge in [0.25, 0.3) is 11.8 Å². The number of anilines is 1. The lowest BCUT2D eigenvalue weighted by Gasteiger charge is -2.30. The molecular formula is C21H25N3O2. The molecule has 5 heteroatoms. The van der Waals surface area contributed by atoms with Gasteiger partial charge in [0.15, 0.2) is 0 Å². The molecule has 26 heavy (non-hydrogen) atoms. The number of carbonyl (C=O) groups is 2. The number of carbonyl (C=O) groups excluding carboxylic acids is 2. The van der Waals surface area contributed by atoms with Gasteiger partial charge < -0.3 is 4.90 Å². The van der Waals surface area contributed by atoms with E-state index in [0.29, 0.717) is 11.1 Å². The van der Waals surface area contributed by atoms with E-state index in [-0.39, 0.29) is 17.5 Å². The van der Waals surface area contributed by atoms with Crippen LogP contribution in [0, 0.1) is 11.3 Å². The molecule has 1 aliphatic heterocycles. The van der Waals surface area contributed by atoms with E-state index in [0.717, 1.165) is 29.2 Å². The predicted octanol–water partition coefficient (Wildman–Crippen LogP) is 3.53. The molecule has 0 bridgehead atoms. The Morgan fingerprint density at radius 2 is 1.69 bits per heavy atom. The van der Waals surface area contributed by atoms with Crippen molar-refractivity contribution in [3.8, 4) is 6.07 Å². The summed E-state index contributed by atoms with van der Waals surface area (Å²) in [6.45, 7) is 11.2. The smallest absolute Gasteiger partial charge is 0.271 e. The van der Waals surface area contributed by atoms with E-state index in [1.54, 1.807) is 26.8 Å². The Morgan fingerprint density at radius 3 is 2.15 bits per heavy atom. The highest BCUT2D eigenvalue weighted by atomic mass is 16.2. The average molecular weight is 351 g/mol. The molecule has 5 nitrogen and oxygen atoms in total. The third kappa shape index (κ3) is 3.55. The first-order chi connectivity index (χ1) is 12.3. The predicted molar refractivity (Wildman–Crippen MR) is 103 cm³/mol. The van der Waals surface area contributed by atoms with Crippen LogP contribution in [0.5, 0.6) is 0 Å². The summed E-state index contributed by atoms with van der Waals surface area (Å²) in [6.07, 6.45) is 1.75. The first kappa shape index (κ1) is 19.5. The number of hydrogen-bond acceptors (Lipinski definition) is 4. The van der Waals surface area contributed by atoms with Crippen molar-refractivity contribution in [1.29, 1.82) is 5.26 Å². The monoisotopic (exact) mass is 351 g/mol. The lowest BCUT2D eigenvalue weighted by atomic mass is 9.93. The highest BCUT2D eigenvalue weighted by molar-refractivity contribution is 6.19. The van der Waals surface area contributed by atoms with Gasteiger partial charge in [-0.15, -0.1) is 0 Å². The minimum atomic E-state index is -0.515. The third-order valence-electron chi connectivity index (χ3n) is 4.62. The van der Waals surface area contributed by atoms with Crippen LogP contribution < -0.4 is 4.90 Å². The molecule has 0 unspecified atom stereocenters. The minimum absolute atomic E-state index is 0.0318. The van der Waals surface area contributed by atoms with Crippen LogP contribution in [0.1, 0.15) is 40.2 Å². The molecule has 0 saturated heterocycles. The van der Waals surface area contributed by atoms with Crippen molar-refractivity contribution >= 4 is 23.6 Å². The number of amides is 2. The Balaban J connectivity index is 2.48. The second-order valence-corrected chi connectivity index (χ2v) is 6.51. The van der Waals surface area contributed by atoms with Crippen LogP contribution in [0.2, 0.25) is 0 Å². The van der Waals surface area contributed by atoms with Crippen molar-refractivity contribution in [3.63, 3.8) is 0 Å². The van der Waals surface area contributed by atoms with Gasteiger partial charge in [0, 0.05) is 30.4 Å². The number of benzene rings is 1. The number of hydrogen-bond donors (Lipinski definition) is 0. The van der Waals surface area contributed by atoms with Gasteiger partial charge in [-0.05, 0) is 64.0 Å². The van der Waals surface area contributed by atoms with Crippen LogP contribution in [-0.2, 0) is 9.59 Å². The first-order valence-corrected chi connectivity index (χ1v) is 8.91. The lowest BCUT2D eigenvalue weighted by molar-refractivity contribution is -0.142. The number of nitriles is 1. The second-order valence-electron chi connectivity index (χ2n) is 6.51. The van der Waals surface area contributed by atoms with E-state index in [1.165, 1.54) is 0 Å². The number of nitrogens with zero attached hydrogens (tertiary/aromatic N) is 3. The molecule has 2 rings (SSSR count). The summed E-state index contributed by atoms with van der Waals surface area (Å²) in [4.78, 5) is 28.6. The van der Waals surface area contributed by atoms with Crippen molar-refractivity contribution in [2.75, 3.05) is 18.0 Å². The molecule has 1 aromatic rings. The van der Waals surface area contributed by atoms with Gasteiger partial charge >= 0.3 is 0 Å². The van der Waals surface area contributed by atoms with Crippen molar-refractivity contribution < 1.29 is 9.59 Å². The zero-order valence-corrected chi connectivity index (χ0v) is 16.0. The van der Waals surface area contributed by atoms with Gasteiger partial charge in [-0.3, -0.25) is 14.5 Å². The van der Waals surface area contributed by atoms with E-state index in [9.17, 15) is 14.9 Å². The van der Waals surface area contributed by atoms with Crippen molar-refractivity contribution in [2.24, 2.45) is 0 Å². The molecule has 1 aromatic carbocycles. The normalized spacial score (nSPS) is 16.5. The lowest BCUT2D eigenvalue weighted by Crippen LogP contribution is -2.46. The molecule has 0 aromatic heterocycles. The fraction of sp³-hybridized carbons (Fsp3) is 0.381. The topological polar surface area (TPSA) is 64.4 Å². The van der Waals surface area contributed by atoms with E-state index in [1.807, 2.05) is 30.3 Å². The van der Waals surface area contributed by atoms with Gasteiger partial charge in [-0.25, -0.2) is 0 Å². The van der Waals surface area contributed by atoms with Crippen LogP contribution >= 0.6 is 0 Å². The molecule has 136 valence electrons. The summed E-state index contributed by atoms with van der Waals surface area (Å²) < 4.78 is 0. The Bertz CT molecular complexity index is 807. The van der Waals surface area contributed by atoms with E-state index >= 15 is 0 Å². The fourth-order valence-electron chi connectivity index (χ4n) is 3.11. The van der Waals surface area contributed by atoms with E-state index in [4.69, 9.17) is 0 Å². The molecular weight excluding hydrogens is 326 g/mol. The Morgan fingerprint density at radius 1 is 1.12 bits per heavy atom. The summed E-state index contributed by atoms with van der Waals surface area (Å²) in [5.74, 6) is -0.867. The molecule has 2 amide bonds. The summed E-state index contributed by atoms with van der Waals surface area (Å²) in [6, 6.07) is 9.57. The van der Waals surface area contributed by atoms with Crippen molar-refractivity contribution in [3.05, 3.63) is 46.5 Å². The maximum atomic E-state index is 12.8. The fourth-order valence-corrected chi connectivity index (χ4v) is 3.11. The molecule has 1 heterocycles. The molecule has 0 fully saturated rings. The molecule has 0 radical (unpaired) electrons. The Kier molecular flexibility index (Phi) is 5.99. The summed E-state index contributed by atoms with van der Waals surface area (Å²) >= 11 is 0. The summed E-state index contributed by atoms with van der Waals surface area (Å²) in [5.41, 5.74) is 2.84. The number of rotatable bonds is 5. The molecule has 0 spiro atoms. The maximum Gasteiger partial charge on any atom is 0.271 e. The van der Waals surface area contributed by atoms with Gasteiger partial charge in [0.1, 0.15) is 11.6 Å². The molecule has 0 atom stereocenters. The van der Waals surface area contributed by atoms with Gasteiger partial charge in [0.05, 0.1) is 0 Å². The Hall–Kier alpha value is -2.87. The Labute approximate surface area is 155 Å². The van der Waals surface area contributed by atoms with Gasteiger partial charge in [-0.2, -0.15) is 5.26 Å². The average Bonchev–Trinajstić information content (AvgIpc) is 2.61. The van der Waals surface area contributed by atoms with Crippen LogP contribution in [0.25, 0.3) is 6.08 Å². The van der Waals surface area contributed by atoms with Crippen LogP contribution in [0.3, 0.4) is 0 Å². The second kappa shape index (κ2) is 8.01. The zero-order chi connectivity index (χ0) is 19.4. The standard InChI is InChI=1S/C21H25N3O2/c1-6-23(7-2)17-10-8-16(9-11-17)12-18-15(5)19(13-22)21(26)24(14(3)4)20(18)25/h8-12,14H,6-7H2,1-5H3/b18-12+. The van der Waals surface area contributed by atoms with Gasteiger partial charge in [-0.1, -0.05) is 12.1 Å². The van der Waals surface area contributed by atoms with Crippen LogP contribution in [0.4, 0.5) is 5.69 Å². The van der Waals surface area contributed by atoms with E-state index in [2.05, 4.69) is 18.7 Å². The zero-order valence-electron chi connectivity index (χ0n) is 16.0. The van der Waals surface area contributed by atoms with Crippen molar-refractivity contribution in [1.82, 2.24) is 4.90 Å². The SMILES string of the molecule is CCN(CC)c1ccc(/C=C2/C(=O)N(C(C)C)C(=O)C(C#N)=C2C)cc1. The summed E-state index contributed by atoms with van der Waals surface area (Å²) in [5, 5.41) is 9.35. The highest BCUT2D eigenvalue weighted by Gasteiger charge is 2.36. The third-order valence-corrected chi connectivity index (χ3v) is 4.62. The largest absolute Gasteiger partial charge is 0.372 e. The van der Waals surface area contributed by atoms with E-state index < -0.39 is 5.91 Å².